The highest BCUT2D eigenvalue weighted by molar-refractivity contribution is 6.27. The zero-order chi connectivity index (χ0) is 12.9. The van der Waals surface area contributed by atoms with Crippen LogP contribution in [0.25, 0.3) is 0 Å². The van der Waals surface area contributed by atoms with E-state index in [1.165, 1.54) is 12.1 Å². The zero-order valence-corrected chi connectivity index (χ0v) is 8.97. The van der Waals surface area contributed by atoms with Gasteiger partial charge in [0, 0.05) is 17.2 Å². The lowest BCUT2D eigenvalue weighted by Gasteiger charge is -2.11. The van der Waals surface area contributed by atoms with Gasteiger partial charge in [-0.2, -0.15) is 0 Å². The molecule has 0 atom stereocenters. The number of carboxylic acid groups (broad SMARTS) is 1. The van der Waals surface area contributed by atoms with Crippen LogP contribution in [0.3, 0.4) is 0 Å². The van der Waals surface area contributed by atoms with E-state index in [-0.39, 0.29) is 22.5 Å². The summed E-state index contributed by atoms with van der Waals surface area (Å²) in [4.78, 5) is 34.9. The van der Waals surface area contributed by atoms with Crippen molar-refractivity contribution in [2.24, 2.45) is 0 Å². The fourth-order valence-electron chi connectivity index (χ4n) is 1.98. The molecule has 3 rings (SSSR count). The van der Waals surface area contributed by atoms with Crippen molar-refractivity contribution in [3.63, 3.8) is 0 Å². The third-order valence-corrected chi connectivity index (χ3v) is 2.81. The van der Waals surface area contributed by atoms with E-state index in [0.29, 0.717) is 0 Å². The normalized spacial score (nSPS) is 13.1. The first-order valence-corrected chi connectivity index (χ1v) is 5.15. The number of furan rings is 1. The molecule has 1 aromatic carbocycles. The lowest BCUT2D eigenvalue weighted by molar-refractivity contribution is 0.0660. The first kappa shape index (κ1) is 10.5. The predicted octanol–water partition coefficient (Wildman–Crippen LogP) is 1.75. The molecule has 0 radical (unpaired) electrons. The minimum absolute atomic E-state index is 0.0103. The van der Waals surface area contributed by atoms with Crippen molar-refractivity contribution in [1.82, 2.24) is 0 Å². The minimum atomic E-state index is -1.31. The minimum Gasteiger partial charge on any atom is -0.475 e. The molecular formula is C13H6O5. The maximum absolute atomic E-state index is 12.1. The summed E-state index contributed by atoms with van der Waals surface area (Å²) in [5.74, 6) is -2.77. The molecule has 5 heteroatoms. The van der Waals surface area contributed by atoms with Crippen LogP contribution in [0.1, 0.15) is 42.6 Å². The topological polar surface area (TPSA) is 84.6 Å². The van der Waals surface area contributed by atoms with Gasteiger partial charge in [-0.1, -0.05) is 24.3 Å². The van der Waals surface area contributed by atoms with Gasteiger partial charge >= 0.3 is 5.97 Å². The largest absolute Gasteiger partial charge is 0.475 e. The molecule has 2 aromatic rings. The van der Waals surface area contributed by atoms with E-state index in [0.717, 1.165) is 6.07 Å². The average molecular weight is 242 g/mol. The van der Waals surface area contributed by atoms with Gasteiger partial charge in [-0.05, 0) is 0 Å². The molecule has 0 saturated heterocycles. The van der Waals surface area contributed by atoms with Gasteiger partial charge in [-0.25, -0.2) is 4.79 Å². The highest BCUT2D eigenvalue weighted by Crippen LogP contribution is 2.29. The van der Waals surface area contributed by atoms with E-state index in [1.807, 2.05) is 0 Å². The van der Waals surface area contributed by atoms with Crippen molar-refractivity contribution in [3.05, 3.63) is 58.5 Å². The molecule has 18 heavy (non-hydrogen) atoms. The van der Waals surface area contributed by atoms with Crippen LogP contribution in [-0.2, 0) is 0 Å². The molecule has 1 aromatic heterocycles. The molecule has 0 bridgehead atoms. The van der Waals surface area contributed by atoms with E-state index >= 15 is 0 Å². The highest BCUT2D eigenvalue weighted by Gasteiger charge is 2.34. The van der Waals surface area contributed by atoms with E-state index in [4.69, 9.17) is 9.52 Å². The maximum atomic E-state index is 12.1. The van der Waals surface area contributed by atoms with Crippen molar-refractivity contribution in [1.29, 1.82) is 0 Å². The summed E-state index contributed by atoms with van der Waals surface area (Å²) >= 11 is 0. The number of aromatic carboxylic acids is 1. The molecule has 1 aliphatic carbocycles. The molecule has 1 heterocycles. The van der Waals surface area contributed by atoms with Crippen LogP contribution in [0.15, 0.2) is 34.7 Å². The Balaban J connectivity index is 2.27. The van der Waals surface area contributed by atoms with E-state index in [2.05, 4.69) is 0 Å². The molecule has 1 N–H and O–H groups in total. The second kappa shape index (κ2) is 3.40. The van der Waals surface area contributed by atoms with Gasteiger partial charge in [-0.3, -0.25) is 9.59 Å². The molecular weight excluding hydrogens is 236 g/mol. The van der Waals surface area contributed by atoms with Crippen molar-refractivity contribution in [2.75, 3.05) is 0 Å². The van der Waals surface area contributed by atoms with E-state index in [1.54, 1.807) is 12.1 Å². The molecule has 0 aliphatic heterocycles. The summed E-state index contributed by atoms with van der Waals surface area (Å²) < 4.78 is 4.94. The van der Waals surface area contributed by atoms with Crippen molar-refractivity contribution in [3.8, 4) is 0 Å². The Kier molecular flexibility index (Phi) is 1.98. The van der Waals surface area contributed by atoms with Crippen LogP contribution >= 0.6 is 0 Å². The Morgan fingerprint density at radius 3 is 2.22 bits per heavy atom. The van der Waals surface area contributed by atoms with Gasteiger partial charge in [0.1, 0.15) is 0 Å². The molecule has 1 aliphatic rings. The molecule has 0 fully saturated rings. The number of rotatable bonds is 1. The first-order chi connectivity index (χ1) is 8.59. The van der Waals surface area contributed by atoms with Crippen LogP contribution < -0.4 is 0 Å². The number of hydrogen-bond acceptors (Lipinski definition) is 4. The molecule has 88 valence electrons. The van der Waals surface area contributed by atoms with Crippen LogP contribution in [0.4, 0.5) is 0 Å². The number of ketones is 2. The van der Waals surface area contributed by atoms with Crippen molar-refractivity contribution < 1.29 is 23.9 Å². The molecule has 0 unspecified atom stereocenters. The molecule has 0 spiro atoms. The van der Waals surface area contributed by atoms with Gasteiger partial charge in [0.05, 0.1) is 5.56 Å². The van der Waals surface area contributed by atoms with Gasteiger partial charge in [0.15, 0.2) is 11.5 Å². The number of fused-ring (bicyclic) bond motifs is 2. The number of carbonyl (C=O) groups excluding carboxylic acids is 2. The van der Waals surface area contributed by atoms with Crippen molar-refractivity contribution >= 4 is 17.5 Å². The fourth-order valence-corrected chi connectivity index (χ4v) is 1.98. The second-order valence-electron chi connectivity index (χ2n) is 3.86. The standard InChI is InChI=1S/C13H6O5/c14-10-6-3-1-2-4-7(6)11(15)12-8(10)5-9(18-12)13(16)17/h1-5H,(H,16,17). The SMILES string of the molecule is O=C(O)c1cc2c(o1)C(=O)c1ccccc1C2=O. The summed E-state index contributed by atoms with van der Waals surface area (Å²) in [6, 6.07) is 7.42. The Hall–Kier alpha value is -2.69. The summed E-state index contributed by atoms with van der Waals surface area (Å²) in [6.07, 6.45) is 0. The Morgan fingerprint density at radius 1 is 1.00 bits per heavy atom. The number of benzene rings is 1. The molecule has 5 nitrogen and oxygen atoms in total. The summed E-state index contributed by atoms with van der Waals surface area (Å²) in [5.41, 5.74) is 0.519. The average Bonchev–Trinajstić information content (AvgIpc) is 2.81. The Bertz CT molecular complexity index is 655. The Labute approximate surface area is 101 Å². The second-order valence-corrected chi connectivity index (χ2v) is 3.86. The van der Waals surface area contributed by atoms with Crippen LogP contribution in [-0.4, -0.2) is 22.6 Å². The third-order valence-electron chi connectivity index (χ3n) is 2.81. The smallest absolute Gasteiger partial charge is 0.371 e. The molecule has 0 saturated carbocycles. The summed E-state index contributed by atoms with van der Waals surface area (Å²) in [7, 11) is 0. The third kappa shape index (κ3) is 1.24. The molecule has 0 amide bonds. The predicted molar refractivity (Wildman–Crippen MR) is 59.0 cm³/mol. The van der Waals surface area contributed by atoms with Crippen LogP contribution in [0, 0.1) is 0 Å². The van der Waals surface area contributed by atoms with Gasteiger partial charge < -0.3 is 9.52 Å². The van der Waals surface area contributed by atoms with Gasteiger partial charge in [0.2, 0.25) is 11.5 Å². The Morgan fingerprint density at radius 2 is 1.61 bits per heavy atom. The van der Waals surface area contributed by atoms with Crippen LogP contribution in [0.5, 0.6) is 0 Å². The summed E-state index contributed by atoms with van der Waals surface area (Å²) in [5, 5.41) is 8.81. The maximum Gasteiger partial charge on any atom is 0.371 e. The number of carboxylic acids is 1. The zero-order valence-electron chi connectivity index (χ0n) is 8.97. The monoisotopic (exact) mass is 242 g/mol. The lowest BCUT2D eigenvalue weighted by Crippen LogP contribution is -2.18. The van der Waals surface area contributed by atoms with Crippen molar-refractivity contribution in [2.45, 2.75) is 0 Å². The first-order valence-electron chi connectivity index (χ1n) is 5.15. The number of hydrogen-bond donors (Lipinski definition) is 1. The lowest BCUT2D eigenvalue weighted by atomic mass is 9.89. The van der Waals surface area contributed by atoms with Gasteiger partial charge in [-0.15, -0.1) is 0 Å². The van der Waals surface area contributed by atoms with Crippen LogP contribution in [0.2, 0.25) is 0 Å². The van der Waals surface area contributed by atoms with E-state index in [9.17, 15) is 14.4 Å². The quantitative estimate of drug-likeness (QED) is 0.702. The van der Waals surface area contributed by atoms with Gasteiger partial charge in [0.25, 0.3) is 0 Å². The number of carbonyl (C=O) groups is 3. The summed E-state index contributed by atoms with van der Waals surface area (Å²) in [6.45, 7) is 0. The van der Waals surface area contributed by atoms with E-state index < -0.39 is 23.3 Å². The fraction of sp³-hybridized carbons (Fsp3) is 0. The highest BCUT2D eigenvalue weighted by atomic mass is 16.4.